The molecule has 1 N–H and O–H groups in total. The molecule has 172 valence electrons. The Balaban J connectivity index is 0.000000818. The average Bonchev–Trinajstić information content (AvgIpc) is 2.73. The summed E-state index contributed by atoms with van der Waals surface area (Å²) in [4.78, 5) is 25.4. The second-order valence-corrected chi connectivity index (χ2v) is 8.95. The van der Waals surface area contributed by atoms with E-state index in [1.165, 1.54) is 57.8 Å². The van der Waals surface area contributed by atoms with Gasteiger partial charge < -0.3 is 15.0 Å². The highest BCUT2D eigenvalue weighted by atomic mass is 16.6. The topological polar surface area (TPSA) is 58.6 Å². The van der Waals surface area contributed by atoms with E-state index in [-0.39, 0.29) is 5.91 Å². The van der Waals surface area contributed by atoms with Crippen LogP contribution >= 0.6 is 0 Å². The first-order chi connectivity index (χ1) is 13.8. The smallest absolute Gasteiger partial charge is 0.407 e. The third kappa shape index (κ3) is 15.3. The van der Waals surface area contributed by atoms with E-state index in [1.807, 2.05) is 46.6 Å². The summed E-state index contributed by atoms with van der Waals surface area (Å²) in [6.07, 6.45) is 15.7. The zero-order chi connectivity index (χ0) is 22.1. The molecular formula is C24H48N2O3. The lowest BCUT2D eigenvalue weighted by Gasteiger charge is -2.31. The summed E-state index contributed by atoms with van der Waals surface area (Å²) in [5.41, 5.74) is -0.485. The van der Waals surface area contributed by atoms with Crippen molar-refractivity contribution >= 4 is 12.0 Å². The van der Waals surface area contributed by atoms with Crippen molar-refractivity contribution in [3.63, 3.8) is 0 Å². The zero-order valence-electron chi connectivity index (χ0n) is 20.1. The van der Waals surface area contributed by atoms with Gasteiger partial charge in [0.05, 0.1) is 0 Å². The van der Waals surface area contributed by atoms with Crippen molar-refractivity contribution in [2.24, 2.45) is 0 Å². The molecule has 0 bridgehead atoms. The summed E-state index contributed by atoms with van der Waals surface area (Å²) in [5, 5.41) is 2.68. The van der Waals surface area contributed by atoms with Crippen LogP contribution in [0.15, 0.2) is 0 Å². The maximum absolute atomic E-state index is 12.1. The van der Waals surface area contributed by atoms with Crippen molar-refractivity contribution in [3.05, 3.63) is 0 Å². The van der Waals surface area contributed by atoms with E-state index in [4.69, 9.17) is 4.74 Å². The Labute approximate surface area is 180 Å². The lowest BCUT2D eigenvalue weighted by Crippen LogP contribution is -2.38. The van der Waals surface area contributed by atoms with Crippen LogP contribution in [-0.2, 0) is 9.53 Å². The lowest BCUT2D eigenvalue weighted by atomic mass is 9.94. The fraction of sp³-hybridized carbons (Fsp3) is 0.917. The molecule has 5 nitrogen and oxygen atoms in total. The second kappa shape index (κ2) is 16.5. The molecule has 0 atom stereocenters. The van der Waals surface area contributed by atoms with Gasteiger partial charge in [-0.25, -0.2) is 4.79 Å². The van der Waals surface area contributed by atoms with Gasteiger partial charge >= 0.3 is 6.09 Å². The number of ether oxygens (including phenoxy) is 1. The predicted molar refractivity (Wildman–Crippen MR) is 122 cm³/mol. The van der Waals surface area contributed by atoms with Crippen LogP contribution in [0.1, 0.15) is 118 Å². The molecule has 0 radical (unpaired) electrons. The van der Waals surface area contributed by atoms with Gasteiger partial charge in [0.1, 0.15) is 5.60 Å². The summed E-state index contributed by atoms with van der Waals surface area (Å²) in [6, 6.07) is 0.407. The van der Waals surface area contributed by atoms with E-state index >= 15 is 0 Å². The highest BCUT2D eigenvalue weighted by Crippen LogP contribution is 2.22. The van der Waals surface area contributed by atoms with Gasteiger partial charge in [-0.3, -0.25) is 4.79 Å². The van der Waals surface area contributed by atoms with Crippen LogP contribution in [0.25, 0.3) is 0 Å². The number of nitrogens with one attached hydrogen (secondary N) is 1. The Morgan fingerprint density at radius 2 is 1.34 bits per heavy atom. The monoisotopic (exact) mass is 412 g/mol. The minimum Gasteiger partial charge on any atom is -0.444 e. The fourth-order valence-corrected chi connectivity index (χ4v) is 3.65. The van der Waals surface area contributed by atoms with Crippen molar-refractivity contribution in [2.45, 2.75) is 130 Å². The van der Waals surface area contributed by atoms with Gasteiger partial charge in [-0.15, -0.1) is 0 Å². The molecule has 0 aromatic heterocycles. The Bertz CT molecular complexity index is 411. The highest BCUT2D eigenvalue weighted by Gasteiger charge is 2.21. The molecule has 0 aliphatic heterocycles. The Morgan fingerprint density at radius 3 is 1.79 bits per heavy atom. The van der Waals surface area contributed by atoms with Gasteiger partial charge in [-0.05, 0) is 40.0 Å². The maximum atomic E-state index is 12.1. The Hall–Kier alpha value is -1.26. The average molecular weight is 413 g/mol. The maximum Gasteiger partial charge on any atom is 0.407 e. The van der Waals surface area contributed by atoms with E-state index in [0.29, 0.717) is 25.4 Å². The first-order valence-electron chi connectivity index (χ1n) is 12.0. The molecule has 0 unspecified atom stereocenters. The zero-order valence-corrected chi connectivity index (χ0v) is 20.1. The minimum atomic E-state index is -0.485. The molecule has 2 aliphatic carbocycles. The van der Waals surface area contributed by atoms with Crippen LogP contribution in [0.5, 0.6) is 0 Å². The molecule has 0 aromatic rings. The number of amides is 2. The van der Waals surface area contributed by atoms with Crippen LogP contribution in [-0.4, -0.2) is 42.1 Å². The van der Waals surface area contributed by atoms with Crippen molar-refractivity contribution in [3.8, 4) is 0 Å². The van der Waals surface area contributed by atoms with Gasteiger partial charge in [0.2, 0.25) is 5.91 Å². The normalized spacial score (nSPS) is 17.0. The molecule has 2 saturated carbocycles. The van der Waals surface area contributed by atoms with E-state index in [0.717, 1.165) is 12.8 Å². The fourth-order valence-electron chi connectivity index (χ4n) is 3.65. The Morgan fingerprint density at radius 1 is 0.897 bits per heavy atom. The van der Waals surface area contributed by atoms with Crippen molar-refractivity contribution in [1.82, 2.24) is 10.2 Å². The number of carbonyl (C=O) groups is 2. The molecular weight excluding hydrogens is 364 g/mol. The van der Waals surface area contributed by atoms with Gasteiger partial charge in [0, 0.05) is 26.1 Å². The third-order valence-electron chi connectivity index (χ3n) is 5.25. The van der Waals surface area contributed by atoms with E-state index in [9.17, 15) is 9.59 Å². The van der Waals surface area contributed by atoms with Gasteiger partial charge in [0.25, 0.3) is 0 Å². The van der Waals surface area contributed by atoms with Gasteiger partial charge in [-0.1, -0.05) is 71.6 Å². The number of rotatable bonds is 5. The van der Waals surface area contributed by atoms with Gasteiger partial charge in [-0.2, -0.15) is 0 Å². The van der Waals surface area contributed by atoms with Crippen molar-refractivity contribution in [2.75, 3.05) is 13.6 Å². The molecule has 2 aliphatic rings. The first kappa shape index (κ1) is 27.7. The summed E-state index contributed by atoms with van der Waals surface area (Å²) >= 11 is 0. The molecule has 5 heteroatoms. The molecule has 2 fully saturated rings. The first-order valence-corrected chi connectivity index (χ1v) is 12.0. The van der Waals surface area contributed by atoms with Crippen LogP contribution in [0.3, 0.4) is 0 Å². The van der Waals surface area contributed by atoms with E-state index in [2.05, 4.69) is 5.32 Å². The summed E-state index contributed by atoms with van der Waals surface area (Å²) in [7, 11) is 1.90. The second-order valence-electron chi connectivity index (χ2n) is 8.95. The molecule has 2 amide bonds. The molecule has 29 heavy (non-hydrogen) atoms. The number of nitrogens with zero attached hydrogens (tertiary/aromatic N) is 1. The van der Waals surface area contributed by atoms with Crippen LogP contribution in [0.2, 0.25) is 0 Å². The van der Waals surface area contributed by atoms with Crippen LogP contribution in [0, 0.1) is 0 Å². The summed E-state index contributed by atoms with van der Waals surface area (Å²) in [5.74, 6) is 0.174. The van der Waals surface area contributed by atoms with Crippen LogP contribution < -0.4 is 5.32 Å². The van der Waals surface area contributed by atoms with E-state index < -0.39 is 11.7 Å². The standard InChI is InChI=1S/C16H30N2O3.C6H12.C2H6/c1-16(2,3)21-15(20)17-12-8-11-14(19)18(4)13-9-6-5-7-10-13;1-2-4-6-5-3-1;1-2/h13H,5-12H2,1-4H3,(H,17,20);1-6H2;1-2H3. The molecule has 0 aromatic carbocycles. The number of hydrogen-bond acceptors (Lipinski definition) is 3. The largest absolute Gasteiger partial charge is 0.444 e. The van der Waals surface area contributed by atoms with E-state index in [1.54, 1.807) is 0 Å². The number of carbonyl (C=O) groups excluding carboxylic acids is 2. The molecule has 0 spiro atoms. The molecule has 2 rings (SSSR count). The quantitative estimate of drug-likeness (QED) is 0.528. The summed E-state index contributed by atoms with van der Waals surface area (Å²) < 4.78 is 5.14. The highest BCUT2D eigenvalue weighted by molar-refractivity contribution is 5.76. The summed E-state index contributed by atoms with van der Waals surface area (Å²) in [6.45, 7) is 9.96. The minimum absolute atomic E-state index is 0.174. The Kier molecular flexibility index (Phi) is 15.8. The lowest BCUT2D eigenvalue weighted by molar-refractivity contribution is -0.132. The van der Waals surface area contributed by atoms with Crippen molar-refractivity contribution < 1.29 is 14.3 Å². The van der Waals surface area contributed by atoms with Crippen LogP contribution in [0.4, 0.5) is 4.79 Å². The van der Waals surface area contributed by atoms with Gasteiger partial charge in [0.15, 0.2) is 0 Å². The molecule has 0 heterocycles. The number of hydrogen-bond donors (Lipinski definition) is 1. The van der Waals surface area contributed by atoms with Crippen molar-refractivity contribution in [1.29, 1.82) is 0 Å². The SMILES string of the molecule is C1CCCCC1.CC.CN(C(=O)CCCNC(=O)OC(C)(C)C)C1CCCCC1. The third-order valence-corrected chi connectivity index (χ3v) is 5.25. The molecule has 0 saturated heterocycles. The number of alkyl carbamates (subject to hydrolysis) is 1. The predicted octanol–water partition coefficient (Wildman–Crippen LogP) is 6.45.